The summed E-state index contributed by atoms with van der Waals surface area (Å²) in [6, 6.07) is 10.5. The zero-order valence-corrected chi connectivity index (χ0v) is 10.3. The van der Waals surface area contributed by atoms with Gasteiger partial charge in [0.25, 0.3) is 0 Å². The molecule has 0 aliphatic rings. The van der Waals surface area contributed by atoms with Crippen molar-refractivity contribution in [3.05, 3.63) is 53.1 Å². The van der Waals surface area contributed by atoms with E-state index in [1.165, 1.54) is 21.9 Å². The summed E-state index contributed by atoms with van der Waals surface area (Å²) in [7, 11) is 0. The molecule has 0 atom stereocenters. The van der Waals surface area contributed by atoms with Crippen LogP contribution < -0.4 is 0 Å². The molecule has 0 N–H and O–H groups in total. The van der Waals surface area contributed by atoms with Crippen LogP contribution in [0.15, 0.2) is 36.4 Å². The molecular formula is C17H16. The van der Waals surface area contributed by atoms with Gasteiger partial charge in [0.2, 0.25) is 0 Å². The van der Waals surface area contributed by atoms with Gasteiger partial charge in [-0.05, 0) is 47.4 Å². The lowest BCUT2D eigenvalue weighted by Crippen LogP contribution is -1.85. The lowest BCUT2D eigenvalue weighted by molar-refractivity contribution is 1.23. The summed E-state index contributed by atoms with van der Waals surface area (Å²) >= 11 is 0. The summed E-state index contributed by atoms with van der Waals surface area (Å²) in [5.41, 5.74) is 3.54. The van der Waals surface area contributed by atoms with Gasteiger partial charge < -0.3 is 0 Å². The lowest BCUT2D eigenvalue weighted by atomic mass is 9.98. The smallest absolute Gasteiger partial charge is 0.0248 e. The van der Waals surface area contributed by atoms with Crippen LogP contribution in [0, 0.1) is 19.3 Å². The summed E-state index contributed by atoms with van der Waals surface area (Å²) in [5, 5.41) is 2.48. The molecule has 0 amide bonds. The number of hydrogen-bond donors (Lipinski definition) is 0. The molecule has 84 valence electrons. The third-order valence-electron chi connectivity index (χ3n) is 2.97. The molecule has 0 saturated heterocycles. The van der Waals surface area contributed by atoms with Gasteiger partial charge in [0.15, 0.2) is 0 Å². The lowest BCUT2D eigenvalue weighted by Gasteiger charge is -2.07. The Morgan fingerprint density at radius 2 is 2.06 bits per heavy atom. The Labute approximate surface area is 103 Å². The Morgan fingerprint density at radius 1 is 1.24 bits per heavy atom. The predicted molar refractivity (Wildman–Crippen MR) is 75.9 cm³/mol. The van der Waals surface area contributed by atoms with Crippen molar-refractivity contribution >= 4 is 16.8 Å². The molecule has 0 aliphatic carbocycles. The molecule has 0 fully saturated rings. The summed E-state index contributed by atoms with van der Waals surface area (Å²) in [6.45, 7) is 4.29. The fraction of sp³-hybridized carbons (Fsp3) is 0.176. The van der Waals surface area contributed by atoms with Gasteiger partial charge in [0.05, 0.1) is 0 Å². The summed E-state index contributed by atoms with van der Waals surface area (Å²) in [4.78, 5) is 0. The van der Waals surface area contributed by atoms with E-state index in [9.17, 15) is 0 Å². The Morgan fingerprint density at radius 3 is 2.76 bits per heavy atom. The SMILES string of the molecule is C#Cc1ccc2c(/C=C\CC)c(C)ccc2c1. The highest BCUT2D eigenvalue weighted by Crippen LogP contribution is 2.24. The highest BCUT2D eigenvalue weighted by Gasteiger charge is 2.02. The highest BCUT2D eigenvalue weighted by molar-refractivity contribution is 5.92. The number of aryl methyl sites for hydroxylation is 1. The van der Waals surface area contributed by atoms with Crippen LogP contribution in [0.4, 0.5) is 0 Å². The normalized spacial score (nSPS) is 10.9. The van der Waals surface area contributed by atoms with E-state index in [4.69, 9.17) is 6.42 Å². The minimum Gasteiger partial charge on any atom is -0.115 e. The first-order valence-corrected chi connectivity index (χ1v) is 5.92. The van der Waals surface area contributed by atoms with Crippen molar-refractivity contribution in [2.75, 3.05) is 0 Å². The van der Waals surface area contributed by atoms with Crippen LogP contribution in [0.1, 0.15) is 30.0 Å². The van der Waals surface area contributed by atoms with Crippen LogP contribution in [0.3, 0.4) is 0 Å². The first-order chi connectivity index (χ1) is 8.26. The average molecular weight is 220 g/mol. The van der Waals surface area contributed by atoms with Gasteiger partial charge >= 0.3 is 0 Å². The molecule has 0 aliphatic heterocycles. The molecule has 0 aromatic heterocycles. The van der Waals surface area contributed by atoms with E-state index in [0.717, 1.165) is 12.0 Å². The monoisotopic (exact) mass is 220 g/mol. The van der Waals surface area contributed by atoms with Crippen LogP contribution in [0.2, 0.25) is 0 Å². The van der Waals surface area contributed by atoms with E-state index < -0.39 is 0 Å². The van der Waals surface area contributed by atoms with Gasteiger partial charge in [-0.25, -0.2) is 0 Å². The average Bonchev–Trinajstić information content (AvgIpc) is 2.37. The Bertz CT molecular complexity index is 610. The van der Waals surface area contributed by atoms with Crippen molar-refractivity contribution in [1.82, 2.24) is 0 Å². The van der Waals surface area contributed by atoms with Gasteiger partial charge in [0.1, 0.15) is 0 Å². The second-order valence-corrected chi connectivity index (χ2v) is 4.19. The van der Waals surface area contributed by atoms with Crippen LogP contribution >= 0.6 is 0 Å². The third kappa shape index (κ3) is 2.24. The number of fused-ring (bicyclic) bond motifs is 1. The van der Waals surface area contributed by atoms with Crippen molar-refractivity contribution in [1.29, 1.82) is 0 Å². The molecule has 0 unspecified atom stereocenters. The van der Waals surface area contributed by atoms with E-state index >= 15 is 0 Å². The van der Waals surface area contributed by atoms with Crippen molar-refractivity contribution in [2.24, 2.45) is 0 Å². The van der Waals surface area contributed by atoms with Crippen LogP contribution in [0.5, 0.6) is 0 Å². The fourth-order valence-electron chi connectivity index (χ4n) is 2.01. The van der Waals surface area contributed by atoms with Gasteiger partial charge in [-0.1, -0.05) is 43.2 Å². The molecule has 0 heterocycles. The van der Waals surface area contributed by atoms with E-state index in [-0.39, 0.29) is 0 Å². The fourth-order valence-corrected chi connectivity index (χ4v) is 2.01. The minimum absolute atomic E-state index is 0.937. The standard InChI is InChI=1S/C17H16/c1-4-6-7-16-13(3)8-10-15-12-14(5-2)9-11-17(15)16/h2,6-12H,4H2,1,3H3/b7-6-. The molecule has 0 nitrogen and oxygen atoms in total. The van der Waals surface area contributed by atoms with Crippen molar-refractivity contribution < 1.29 is 0 Å². The first kappa shape index (κ1) is 11.5. The van der Waals surface area contributed by atoms with Crippen LogP contribution in [-0.2, 0) is 0 Å². The molecule has 0 bridgehead atoms. The zero-order valence-electron chi connectivity index (χ0n) is 10.3. The molecule has 2 rings (SSSR count). The number of allylic oxidation sites excluding steroid dienone is 1. The quantitative estimate of drug-likeness (QED) is 0.651. The topological polar surface area (TPSA) is 0 Å². The zero-order chi connectivity index (χ0) is 12.3. The Hall–Kier alpha value is -2.00. The summed E-state index contributed by atoms with van der Waals surface area (Å²) in [6.07, 6.45) is 10.9. The van der Waals surface area contributed by atoms with E-state index in [1.807, 2.05) is 6.07 Å². The molecule has 2 aromatic carbocycles. The molecule has 0 saturated carbocycles. The number of benzene rings is 2. The summed E-state index contributed by atoms with van der Waals surface area (Å²) < 4.78 is 0. The molecule has 0 spiro atoms. The molecule has 17 heavy (non-hydrogen) atoms. The predicted octanol–water partition coefficient (Wildman–Crippen LogP) is 4.55. The first-order valence-electron chi connectivity index (χ1n) is 5.92. The second-order valence-electron chi connectivity index (χ2n) is 4.19. The van der Waals surface area contributed by atoms with Crippen molar-refractivity contribution in [3.8, 4) is 12.3 Å². The van der Waals surface area contributed by atoms with Crippen LogP contribution in [-0.4, -0.2) is 0 Å². The largest absolute Gasteiger partial charge is 0.115 e. The maximum atomic E-state index is 5.43. The van der Waals surface area contributed by atoms with Gasteiger partial charge in [-0.3, -0.25) is 0 Å². The molecule has 0 radical (unpaired) electrons. The molecule has 0 heteroatoms. The maximum Gasteiger partial charge on any atom is 0.0248 e. The second kappa shape index (κ2) is 4.89. The van der Waals surface area contributed by atoms with Crippen molar-refractivity contribution in [2.45, 2.75) is 20.3 Å². The maximum absolute atomic E-state index is 5.43. The molecular weight excluding hydrogens is 204 g/mol. The summed E-state index contributed by atoms with van der Waals surface area (Å²) in [5.74, 6) is 2.68. The number of rotatable bonds is 2. The van der Waals surface area contributed by atoms with E-state index in [0.29, 0.717) is 0 Å². The van der Waals surface area contributed by atoms with Crippen molar-refractivity contribution in [3.63, 3.8) is 0 Å². The van der Waals surface area contributed by atoms with Gasteiger partial charge in [0, 0.05) is 5.56 Å². The highest BCUT2D eigenvalue weighted by atomic mass is 14.1. The molecule has 2 aromatic rings. The van der Waals surface area contributed by atoms with E-state index in [2.05, 4.69) is 56.2 Å². The third-order valence-corrected chi connectivity index (χ3v) is 2.97. The van der Waals surface area contributed by atoms with Gasteiger partial charge in [-0.2, -0.15) is 0 Å². The van der Waals surface area contributed by atoms with Crippen LogP contribution in [0.25, 0.3) is 16.8 Å². The Kier molecular flexibility index (Phi) is 3.30. The van der Waals surface area contributed by atoms with E-state index in [1.54, 1.807) is 0 Å². The minimum atomic E-state index is 0.937. The van der Waals surface area contributed by atoms with Gasteiger partial charge in [-0.15, -0.1) is 6.42 Å². The Balaban J connectivity index is 2.69. The number of hydrogen-bond acceptors (Lipinski definition) is 0. The number of terminal acetylenes is 1.